The predicted octanol–water partition coefficient (Wildman–Crippen LogP) is 3.86. The maximum atomic E-state index is 12.1. The van der Waals surface area contributed by atoms with E-state index in [4.69, 9.17) is 5.26 Å². The van der Waals surface area contributed by atoms with Gasteiger partial charge in [-0.25, -0.2) is 4.98 Å². The van der Waals surface area contributed by atoms with Crippen molar-refractivity contribution in [1.82, 2.24) is 4.98 Å². The highest BCUT2D eigenvalue weighted by Gasteiger charge is 2.32. The summed E-state index contributed by atoms with van der Waals surface area (Å²) in [6, 6.07) is 11.9. The van der Waals surface area contributed by atoms with E-state index in [-0.39, 0.29) is 18.0 Å². The second-order valence-electron chi connectivity index (χ2n) is 5.92. The molecule has 2 heterocycles. The molecule has 1 aliphatic rings. The highest BCUT2D eigenvalue weighted by atomic mass is 127. The largest absolute Gasteiger partial charge is 0.363 e. The van der Waals surface area contributed by atoms with E-state index in [9.17, 15) is 4.79 Å². The molecule has 0 bridgehead atoms. The van der Waals surface area contributed by atoms with Crippen LogP contribution in [0.25, 0.3) is 0 Å². The van der Waals surface area contributed by atoms with Gasteiger partial charge in [0, 0.05) is 28.4 Å². The van der Waals surface area contributed by atoms with Gasteiger partial charge in [-0.05, 0) is 71.8 Å². The lowest BCUT2D eigenvalue weighted by molar-refractivity contribution is -0.117. The summed E-state index contributed by atoms with van der Waals surface area (Å²) in [4.78, 5) is 18.2. The number of carbonyl (C=O) groups is 1. The topological polar surface area (TPSA) is 69.0 Å². The molecule has 0 radical (unpaired) electrons. The van der Waals surface area contributed by atoms with E-state index in [1.54, 1.807) is 19.2 Å². The van der Waals surface area contributed by atoms with Crippen molar-refractivity contribution in [2.45, 2.75) is 32.4 Å². The zero-order valence-electron chi connectivity index (χ0n) is 13.5. The molecule has 122 valence electrons. The molecule has 0 saturated heterocycles. The van der Waals surface area contributed by atoms with Gasteiger partial charge in [-0.15, -0.1) is 0 Å². The van der Waals surface area contributed by atoms with Crippen LogP contribution in [0.2, 0.25) is 0 Å². The van der Waals surface area contributed by atoms with Crippen LogP contribution in [0.3, 0.4) is 0 Å². The van der Waals surface area contributed by atoms with Crippen molar-refractivity contribution in [3.05, 3.63) is 51.2 Å². The fourth-order valence-corrected chi connectivity index (χ4v) is 3.69. The van der Waals surface area contributed by atoms with Gasteiger partial charge in [0.15, 0.2) is 0 Å². The summed E-state index contributed by atoms with van der Waals surface area (Å²) < 4.78 is 1.13. The van der Waals surface area contributed by atoms with Crippen LogP contribution in [-0.4, -0.2) is 16.9 Å². The van der Waals surface area contributed by atoms with Gasteiger partial charge in [-0.3, -0.25) is 4.79 Å². The van der Waals surface area contributed by atoms with Crippen molar-refractivity contribution in [3.63, 3.8) is 0 Å². The number of nitrogens with one attached hydrogen (secondary N) is 1. The Labute approximate surface area is 154 Å². The molecule has 1 N–H and O–H groups in total. The number of halogens is 1. The maximum Gasteiger partial charge on any atom is 0.224 e. The van der Waals surface area contributed by atoms with Gasteiger partial charge in [-0.1, -0.05) is 0 Å². The minimum atomic E-state index is 0.0555. The molecule has 1 aliphatic heterocycles. The van der Waals surface area contributed by atoms with Crippen LogP contribution in [0.5, 0.6) is 0 Å². The van der Waals surface area contributed by atoms with Crippen molar-refractivity contribution < 1.29 is 4.79 Å². The average Bonchev–Trinajstić information content (AvgIpc) is 2.55. The van der Waals surface area contributed by atoms with Gasteiger partial charge in [0.1, 0.15) is 11.9 Å². The van der Waals surface area contributed by atoms with Crippen LogP contribution >= 0.6 is 22.6 Å². The average molecular weight is 432 g/mol. The molecule has 24 heavy (non-hydrogen) atoms. The molecule has 3 rings (SSSR count). The molecule has 1 amide bonds. The molecule has 5 nitrogen and oxygen atoms in total. The number of fused-ring (bicyclic) bond motifs is 1. The van der Waals surface area contributed by atoms with E-state index in [1.807, 2.05) is 23.1 Å². The monoisotopic (exact) mass is 432 g/mol. The summed E-state index contributed by atoms with van der Waals surface area (Å²) in [6.07, 6.45) is 2.36. The molecule has 0 fully saturated rings. The number of anilines is 2. The van der Waals surface area contributed by atoms with Gasteiger partial charge in [0.05, 0.1) is 11.6 Å². The minimum absolute atomic E-state index is 0.0555. The number of pyridine rings is 1. The van der Waals surface area contributed by atoms with Gasteiger partial charge < -0.3 is 10.2 Å². The Morgan fingerprint density at radius 2 is 2.21 bits per heavy atom. The third-order valence-corrected chi connectivity index (χ3v) is 4.87. The molecule has 2 atom stereocenters. The number of aromatic nitrogens is 1. The summed E-state index contributed by atoms with van der Waals surface area (Å²) in [5.41, 5.74) is 2.59. The first-order chi connectivity index (χ1) is 11.5. The lowest BCUT2D eigenvalue weighted by atomic mass is 9.91. The van der Waals surface area contributed by atoms with Gasteiger partial charge in [0.2, 0.25) is 5.91 Å². The van der Waals surface area contributed by atoms with Crippen molar-refractivity contribution in [2.75, 3.05) is 10.2 Å². The van der Waals surface area contributed by atoms with Crippen molar-refractivity contribution in [3.8, 4) is 6.07 Å². The van der Waals surface area contributed by atoms with E-state index in [0.29, 0.717) is 5.56 Å². The van der Waals surface area contributed by atoms with Gasteiger partial charge >= 0.3 is 0 Å². The zero-order valence-corrected chi connectivity index (χ0v) is 15.6. The molecular weight excluding hydrogens is 415 g/mol. The van der Waals surface area contributed by atoms with Crippen molar-refractivity contribution in [1.29, 1.82) is 5.26 Å². The van der Waals surface area contributed by atoms with Crippen molar-refractivity contribution >= 4 is 40.0 Å². The highest BCUT2D eigenvalue weighted by Crippen LogP contribution is 2.39. The van der Waals surface area contributed by atoms with Gasteiger partial charge in [-0.2, -0.15) is 5.26 Å². The highest BCUT2D eigenvalue weighted by molar-refractivity contribution is 14.1. The summed E-state index contributed by atoms with van der Waals surface area (Å²) in [6.45, 7) is 3.66. The van der Waals surface area contributed by atoms with Crippen LogP contribution in [-0.2, 0) is 4.79 Å². The quantitative estimate of drug-likeness (QED) is 0.732. The summed E-state index contributed by atoms with van der Waals surface area (Å²) >= 11 is 2.28. The van der Waals surface area contributed by atoms with E-state index in [2.05, 4.69) is 52.0 Å². The number of benzene rings is 1. The van der Waals surface area contributed by atoms with E-state index in [1.165, 1.54) is 0 Å². The number of hydrogen-bond donors (Lipinski definition) is 1. The summed E-state index contributed by atoms with van der Waals surface area (Å²) in [7, 11) is 0. The Morgan fingerprint density at radius 3 is 2.83 bits per heavy atom. The molecule has 1 aromatic carbocycles. The lowest BCUT2D eigenvalue weighted by Gasteiger charge is -2.39. The second-order valence-corrected chi connectivity index (χ2v) is 7.16. The molecule has 2 aromatic rings. The molecule has 0 unspecified atom stereocenters. The molecule has 0 aliphatic carbocycles. The Bertz CT molecular complexity index is 813. The van der Waals surface area contributed by atoms with E-state index >= 15 is 0 Å². The second kappa shape index (κ2) is 6.77. The number of rotatable bonds is 2. The maximum absolute atomic E-state index is 12.1. The van der Waals surface area contributed by atoms with E-state index < -0.39 is 0 Å². The first-order valence-corrected chi connectivity index (χ1v) is 8.79. The molecule has 6 heteroatoms. The SMILES string of the molecule is CC(=O)N1c2ccc(I)cc2[C@H](Nc2ccc(C#N)cn2)C[C@@H]1C. The standard InChI is InChI=1S/C18H17IN4O/c1-11-7-16(22-18-6-3-13(9-20)10-21-18)15-8-14(19)4-5-17(15)23(11)12(2)24/h3-6,8,10-11,16H,7H2,1-2H3,(H,21,22)/t11-,16+/m0/s1. The molecule has 1 aromatic heterocycles. The first kappa shape index (κ1) is 16.7. The Morgan fingerprint density at radius 1 is 1.42 bits per heavy atom. The van der Waals surface area contributed by atoms with Gasteiger partial charge in [0.25, 0.3) is 0 Å². The number of amides is 1. The normalized spacial score (nSPS) is 19.3. The molecule has 0 spiro atoms. The molecular formula is C18H17IN4O. The number of carbonyl (C=O) groups excluding carboxylic acids is 1. The Hall–Kier alpha value is -2.14. The number of nitrogens with zero attached hydrogens (tertiary/aromatic N) is 3. The third-order valence-electron chi connectivity index (χ3n) is 4.20. The van der Waals surface area contributed by atoms with Crippen LogP contribution < -0.4 is 10.2 Å². The minimum Gasteiger partial charge on any atom is -0.363 e. The number of nitriles is 1. The number of hydrogen-bond acceptors (Lipinski definition) is 4. The Kier molecular flexibility index (Phi) is 4.71. The van der Waals surface area contributed by atoms with Crippen molar-refractivity contribution in [2.24, 2.45) is 0 Å². The fraction of sp³-hybridized carbons (Fsp3) is 0.278. The zero-order chi connectivity index (χ0) is 17.3. The summed E-state index contributed by atoms with van der Waals surface area (Å²) in [5, 5.41) is 12.3. The summed E-state index contributed by atoms with van der Waals surface area (Å²) in [5.74, 6) is 0.784. The first-order valence-electron chi connectivity index (χ1n) is 7.71. The van der Waals surface area contributed by atoms with E-state index in [0.717, 1.165) is 27.1 Å². The predicted molar refractivity (Wildman–Crippen MR) is 102 cm³/mol. The third kappa shape index (κ3) is 3.22. The smallest absolute Gasteiger partial charge is 0.224 e. The van der Waals surface area contributed by atoms with Crippen LogP contribution in [0.1, 0.15) is 37.4 Å². The Balaban J connectivity index is 1.96. The van der Waals surface area contributed by atoms with Crippen LogP contribution in [0.15, 0.2) is 36.5 Å². The fourth-order valence-electron chi connectivity index (χ4n) is 3.18. The molecule has 0 saturated carbocycles. The lowest BCUT2D eigenvalue weighted by Crippen LogP contribution is -2.43. The van der Waals surface area contributed by atoms with Crippen LogP contribution in [0.4, 0.5) is 11.5 Å². The van der Waals surface area contributed by atoms with Crippen LogP contribution in [0, 0.1) is 14.9 Å².